The van der Waals surface area contributed by atoms with E-state index in [0.29, 0.717) is 25.5 Å². The maximum atomic E-state index is 11.9. The van der Waals surface area contributed by atoms with Gasteiger partial charge in [0.2, 0.25) is 0 Å². The van der Waals surface area contributed by atoms with Crippen molar-refractivity contribution in [3.63, 3.8) is 0 Å². The second-order valence-corrected chi connectivity index (χ2v) is 3.30. The first kappa shape index (κ1) is 12.4. The average molecular weight is 223 g/mol. The molecule has 5 heteroatoms. The van der Waals surface area contributed by atoms with E-state index in [0.717, 1.165) is 0 Å². The topological polar surface area (TPSA) is 58.4 Å². The predicted molar refractivity (Wildman–Crippen MR) is 63.7 cm³/mol. The molecule has 0 aliphatic carbocycles. The third-order valence-corrected chi connectivity index (χ3v) is 2.26. The van der Waals surface area contributed by atoms with E-state index >= 15 is 0 Å². The summed E-state index contributed by atoms with van der Waals surface area (Å²) in [5.74, 6) is 0.360. The molecule has 0 bridgehead atoms. The van der Waals surface area contributed by atoms with Crippen LogP contribution < -0.4 is 10.5 Å². The first-order chi connectivity index (χ1) is 7.74. The van der Waals surface area contributed by atoms with E-state index in [2.05, 4.69) is 11.6 Å². The van der Waals surface area contributed by atoms with Crippen molar-refractivity contribution in [3.05, 3.63) is 35.4 Å². The highest BCUT2D eigenvalue weighted by molar-refractivity contribution is 5.36. The minimum atomic E-state index is -0.139. The van der Waals surface area contributed by atoms with Crippen LogP contribution in [0.4, 0.5) is 5.82 Å². The molecule has 0 fully saturated rings. The zero-order valence-corrected chi connectivity index (χ0v) is 9.46. The van der Waals surface area contributed by atoms with E-state index < -0.39 is 0 Å². The first-order valence-electron chi connectivity index (χ1n) is 5.26. The lowest BCUT2D eigenvalue weighted by molar-refractivity contribution is 0.302. The molecule has 1 aromatic rings. The van der Waals surface area contributed by atoms with E-state index in [1.54, 1.807) is 27.9 Å². The van der Waals surface area contributed by atoms with Gasteiger partial charge in [0.15, 0.2) is 5.82 Å². The fourth-order valence-electron chi connectivity index (χ4n) is 1.46. The molecule has 5 nitrogen and oxygen atoms in total. The van der Waals surface area contributed by atoms with Gasteiger partial charge in [-0.3, -0.25) is 4.79 Å². The van der Waals surface area contributed by atoms with Gasteiger partial charge in [0.1, 0.15) is 0 Å². The molecule has 1 heterocycles. The van der Waals surface area contributed by atoms with E-state index in [-0.39, 0.29) is 12.2 Å². The zero-order valence-electron chi connectivity index (χ0n) is 9.46. The molecule has 1 rings (SSSR count). The van der Waals surface area contributed by atoms with Crippen molar-refractivity contribution in [1.82, 2.24) is 9.55 Å². The van der Waals surface area contributed by atoms with Crippen LogP contribution in [-0.2, 0) is 6.54 Å². The Labute approximate surface area is 94.7 Å². The smallest absolute Gasteiger partial charge is 0.293 e. The Morgan fingerprint density at radius 2 is 2.44 bits per heavy atom. The van der Waals surface area contributed by atoms with Gasteiger partial charge in [-0.05, 0) is 6.92 Å². The van der Waals surface area contributed by atoms with Gasteiger partial charge in [-0.15, -0.1) is 6.58 Å². The zero-order chi connectivity index (χ0) is 12.0. The quantitative estimate of drug-likeness (QED) is 0.702. The number of hydrogen-bond donors (Lipinski definition) is 1. The molecule has 0 aromatic carbocycles. The molecule has 0 saturated heterocycles. The minimum absolute atomic E-state index is 0.0179. The number of anilines is 1. The molecule has 1 N–H and O–H groups in total. The second kappa shape index (κ2) is 6.07. The summed E-state index contributed by atoms with van der Waals surface area (Å²) in [4.78, 5) is 17.7. The number of nitrogens with zero attached hydrogens (tertiary/aromatic N) is 3. The molecule has 0 spiro atoms. The van der Waals surface area contributed by atoms with E-state index in [1.165, 1.54) is 0 Å². The van der Waals surface area contributed by atoms with Crippen molar-refractivity contribution in [2.45, 2.75) is 13.5 Å². The lowest BCUT2D eigenvalue weighted by Gasteiger charge is -2.20. The van der Waals surface area contributed by atoms with Crippen LogP contribution in [-0.4, -0.2) is 34.4 Å². The third kappa shape index (κ3) is 2.70. The van der Waals surface area contributed by atoms with Crippen molar-refractivity contribution < 1.29 is 5.11 Å². The molecular weight excluding hydrogens is 206 g/mol. The monoisotopic (exact) mass is 223 g/mol. The highest BCUT2D eigenvalue weighted by Gasteiger charge is 2.11. The van der Waals surface area contributed by atoms with Crippen LogP contribution in [0.5, 0.6) is 0 Å². The number of aliphatic hydroxyl groups excluding tert-OH is 1. The van der Waals surface area contributed by atoms with Crippen LogP contribution in [0.1, 0.15) is 6.92 Å². The Balaban J connectivity index is 3.08. The van der Waals surface area contributed by atoms with Crippen molar-refractivity contribution in [2.75, 3.05) is 24.6 Å². The summed E-state index contributed by atoms with van der Waals surface area (Å²) in [6.07, 6.45) is 4.92. The van der Waals surface area contributed by atoms with Crippen molar-refractivity contribution in [2.24, 2.45) is 0 Å². The fraction of sp³-hybridized carbons (Fsp3) is 0.455. The first-order valence-corrected chi connectivity index (χ1v) is 5.26. The van der Waals surface area contributed by atoms with Crippen LogP contribution >= 0.6 is 0 Å². The fourth-order valence-corrected chi connectivity index (χ4v) is 1.46. The van der Waals surface area contributed by atoms with Crippen LogP contribution in [0.3, 0.4) is 0 Å². The minimum Gasteiger partial charge on any atom is -0.395 e. The molecule has 16 heavy (non-hydrogen) atoms. The Hall–Kier alpha value is -1.62. The normalized spacial score (nSPS) is 10.1. The Bertz CT molecular complexity index is 400. The Kier molecular flexibility index (Phi) is 4.72. The molecule has 0 radical (unpaired) electrons. The van der Waals surface area contributed by atoms with Gasteiger partial charge >= 0.3 is 0 Å². The molecule has 0 aliphatic rings. The Morgan fingerprint density at radius 3 is 3.00 bits per heavy atom. The van der Waals surface area contributed by atoms with Crippen LogP contribution in [0.25, 0.3) is 0 Å². The molecule has 0 aliphatic heterocycles. The standard InChI is InChI=1S/C11H17N3O2/c1-3-6-14(8-9-15)10-11(16)13(4-2)7-5-12-10/h3,5,7,15H,1,4,6,8-9H2,2H3. The number of aryl methyl sites for hydroxylation is 1. The molecule has 0 amide bonds. The molecular formula is C11H17N3O2. The molecule has 88 valence electrons. The van der Waals surface area contributed by atoms with Crippen LogP contribution in [0, 0.1) is 0 Å². The van der Waals surface area contributed by atoms with Gasteiger partial charge in [0, 0.05) is 32.0 Å². The lowest BCUT2D eigenvalue weighted by atomic mass is 10.4. The van der Waals surface area contributed by atoms with Crippen molar-refractivity contribution in [3.8, 4) is 0 Å². The maximum Gasteiger partial charge on any atom is 0.293 e. The van der Waals surface area contributed by atoms with Gasteiger partial charge < -0.3 is 14.6 Å². The SMILES string of the molecule is C=CCN(CCO)c1nccn(CC)c1=O. The molecule has 1 aromatic heterocycles. The van der Waals surface area contributed by atoms with Gasteiger partial charge in [-0.2, -0.15) is 0 Å². The summed E-state index contributed by atoms with van der Waals surface area (Å²) in [5, 5.41) is 8.93. The maximum absolute atomic E-state index is 11.9. The van der Waals surface area contributed by atoms with E-state index in [4.69, 9.17) is 5.11 Å². The highest BCUT2D eigenvalue weighted by Crippen LogP contribution is 2.02. The summed E-state index contributed by atoms with van der Waals surface area (Å²) in [5.41, 5.74) is -0.139. The number of hydrogen-bond acceptors (Lipinski definition) is 4. The summed E-state index contributed by atoms with van der Waals surface area (Å²) in [7, 11) is 0. The second-order valence-electron chi connectivity index (χ2n) is 3.30. The Morgan fingerprint density at radius 1 is 1.69 bits per heavy atom. The van der Waals surface area contributed by atoms with Crippen LogP contribution in [0.2, 0.25) is 0 Å². The number of rotatable bonds is 6. The number of aromatic nitrogens is 2. The lowest BCUT2D eigenvalue weighted by Crippen LogP contribution is -2.35. The average Bonchev–Trinajstić information content (AvgIpc) is 2.29. The number of aliphatic hydroxyl groups is 1. The van der Waals surface area contributed by atoms with Crippen LogP contribution in [0.15, 0.2) is 29.8 Å². The summed E-state index contributed by atoms with van der Waals surface area (Å²) < 4.78 is 1.58. The van der Waals surface area contributed by atoms with Gasteiger partial charge in [0.05, 0.1) is 6.61 Å². The summed E-state index contributed by atoms with van der Waals surface area (Å²) in [6, 6.07) is 0. The molecule has 0 saturated carbocycles. The van der Waals surface area contributed by atoms with Gasteiger partial charge in [-0.25, -0.2) is 4.98 Å². The van der Waals surface area contributed by atoms with E-state index in [1.807, 2.05) is 6.92 Å². The molecule has 0 unspecified atom stereocenters. The third-order valence-electron chi connectivity index (χ3n) is 2.26. The van der Waals surface area contributed by atoms with E-state index in [9.17, 15) is 4.79 Å². The van der Waals surface area contributed by atoms with Crippen molar-refractivity contribution in [1.29, 1.82) is 0 Å². The van der Waals surface area contributed by atoms with Gasteiger partial charge in [0.25, 0.3) is 5.56 Å². The highest BCUT2D eigenvalue weighted by atomic mass is 16.3. The largest absolute Gasteiger partial charge is 0.395 e. The van der Waals surface area contributed by atoms with Gasteiger partial charge in [-0.1, -0.05) is 6.08 Å². The summed E-state index contributed by atoms with van der Waals surface area (Å²) >= 11 is 0. The predicted octanol–water partition coefficient (Wildman–Crippen LogP) is 0.248. The summed E-state index contributed by atoms with van der Waals surface area (Å²) in [6.45, 7) is 6.98. The molecule has 0 atom stereocenters. The van der Waals surface area contributed by atoms with Crippen molar-refractivity contribution >= 4 is 5.82 Å².